The Kier molecular flexibility index (Phi) is 2.07. The SMILES string of the molecule is CC(C)C1(O)CCSC1. The van der Waals surface area contributed by atoms with E-state index in [2.05, 4.69) is 13.8 Å². The Balaban J connectivity index is 2.51. The van der Waals surface area contributed by atoms with E-state index >= 15 is 0 Å². The van der Waals surface area contributed by atoms with E-state index < -0.39 is 0 Å². The number of hydrogen-bond donors (Lipinski definition) is 1. The van der Waals surface area contributed by atoms with Gasteiger partial charge in [0.05, 0.1) is 5.60 Å². The van der Waals surface area contributed by atoms with Crippen molar-refractivity contribution in [3.8, 4) is 0 Å². The average molecular weight is 146 g/mol. The number of aliphatic hydroxyl groups is 1. The topological polar surface area (TPSA) is 20.2 Å². The highest BCUT2D eigenvalue weighted by Crippen LogP contribution is 2.33. The molecule has 1 unspecified atom stereocenters. The molecular formula is C7H14OS. The van der Waals surface area contributed by atoms with Crippen molar-refractivity contribution in [3.63, 3.8) is 0 Å². The van der Waals surface area contributed by atoms with Gasteiger partial charge in [0.2, 0.25) is 0 Å². The monoisotopic (exact) mass is 146 g/mol. The number of rotatable bonds is 1. The van der Waals surface area contributed by atoms with Crippen molar-refractivity contribution in [1.29, 1.82) is 0 Å². The molecule has 0 saturated carbocycles. The number of thioether (sulfide) groups is 1. The van der Waals surface area contributed by atoms with E-state index in [1.807, 2.05) is 11.8 Å². The van der Waals surface area contributed by atoms with Crippen LogP contribution in [0.2, 0.25) is 0 Å². The predicted octanol–water partition coefficient (Wildman–Crippen LogP) is 1.51. The van der Waals surface area contributed by atoms with E-state index in [-0.39, 0.29) is 5.60 Å². The van der Waals surface area contributed by atoms with Gasteiger partial charge >= 0.3 is 0 Å². The van der Waals surface area contributed by atoms with Crippen LogP contribution in [0.1, 0.15) is 20.3 Å². The zero-order valence-corrected chi connectivity index (χ0v) is 6.87. The third kappa shape index (κ3) is 1.41. The average Bonchev–Trinajstić information content (AvgIpc) is 2.16. The van der Waals surface area contributed by atoms with Crippen LogP contribution < -0.4 is 0 Å². The van der Waals surface area contributed by atoms with Gasteiger partial charge in [-0.15, -0.1) is 0 Å². The summed E-state index contributed by atoms with van der Waals surface area (Å²) in [5.41, 5.74) is -0.343. The molecule has 0 aliphatic carbocycles. The summed E-state index contributed by atoms with van der Waals surface area (Å²) in [7, 11) is 0. The quantitative estimate of drug-likeness (QED) is 0.605. The molecule has 1 heterocycles. The first-order valence-electron chi connectivity index (χ1n) is 3.45. The Morgan fingerprint density at radius 1 is 1.56 bits per heavy atom. The molecule has 1 nitrogen and oxygen atoms in total. The minimum atomic E-state index is -0.343. The molecule has 0 bridgehead atoms. The summed E-state index contributed by atoms with van der Waals surface area (Å²) in [5, 5.41) is 9.75. The van der Waals surface area contributed by atoms with Crippen LogP contribution in [0.15, 0.2) is 0 Å². The Hall–Kier alpha value is 0.310. The minimum Gasteiger partial charge on any atom is -0.389 e. The molecule has 54 valence electrons. The molecule has 1 atom stereocenters. The van der Waals surface area contributed by atoms with Crippen molar-refractivity contribution < 1.29 is 5.11 Å². The van der Waals surface area contributed by atoms with E-state index in [1.54, 1.807) is 0 Å². The van der Waals surface area contributed by atoms with E-state index in [0.29, 0.717) is 5.92 Å². The third-order valence-corrected chi connectivity index (χ3v) is 3.30. The normalized spacial score (nSPS) is 36.0. The summed E-state index contributed by atoms with van der Waals surface area (Å²) in [5.74, 6) is 2.49. The molecule has 1 aliphatic heterocycles. The lowest BCUT2D eigenvalue weighted by Gasteiger charge is -2.25. The summed E-state index contributed by atoms with van der Waals surface area (Å²) in [4.78, 5) is 0. The smallest absolute Gasteiger partial charge is 0.0768 e. The van der Waals surface area contributed by atoms with Gasteiger partial charge in [0.25, 0.3) is 0 Å². The molecule has 0 spiro atoms. The van der Waals surface area contributed by atoms with Crippen LogP contribution in [0.25, 0.3) is 0 Å². The van der Waals surface area contributed by atoms with Crippen LogP contribution in [-0.2, 0) is 0 Å². The molecular weight excluding hydrogens is 132 g/mol. The molecule has 0 aromatic rings. The Bertz CT molecular complexity index is 95.1. The van der Waals surface area contributed by atoms with Crippen molar-refractivity contribution in [1.82, 2.24) is 0 Å². The van der Waals surface area contributed by atoms with Gasteiger partial charge < -0.3 is 5.11 Å². The van der Waals surface area contributed by atoms with Crippen LogP contribution >= 0.6 is 11.8 Å². The van der Waals surface area contributed by atoms with Crippen LogP contribution in [0.3, 0.4) is 0 Å². The fraction of sp³-hybridized carbons (Fsp3) is 1.00. The fourth-order valence-corrected chi connectivity index (χ4v) is 2.50. The van der Waals surface area contributed by atoms with Crippen molar-refractivity contribution >= 4 is 11.8 Å². The summed E-state index contributed by atoms with van der Waals surface area (Å²) in [6, 6.07) is 0. The highest BCUT2D eigenvalue weighted by atomic mass is 32.2. The van der Waals surface area contributed by atoms with Crippen molar-refractivity contribution in [3.05, 3.63) is 0 Å². The fourth-order valence-electron chi connectivity index (χ4n) is 1.03. The van der Waals surface area contributed by atoms with E-state index in [9.17, 15) is 5.11 Å². The lowest BCUT2D eigenvalue weighted by molar-refractivity contribution is 0.0214. The number of hydrogen-bond acceptors (Lipinski definition) is 2. The molecule has 9 heavy (non-hydrogen) atoms. The highest BCUT2D eigenvalue weighted by molar-refractivity contribution is 7.99. The lowest BCUT2D eigenvalue weighted by Crippen LogP contribution is -2.34. The van der Waals surface area contributed by atoms with Crippen LogP contribution in [0.4, 0.5) is 0 Å². The summed E-state index contributed by atoms with van der Waals surface area (Å²) in [6.07, 6.45) is 0.981. The zero-order valence-electron chi connectivity index (χ0n) is 6.05. The minimum absolute atomic E-state index is 0.343. The Labute approximate surface area is 60.8 Å². The third-order valence-electron chi connectivity index (χ3n) is 2.11. The molecule has 2 heteroatoms. The molecule has 1 saturated heterocycles. The van der Waals surface area contributed by atoms with Gasteiger partial charge in [-0.3, -0.25) is 0 Å². The Morgan fingerprint density at radius 2 is 2.22 bits per heavy atom. The molecule has 0 radical (unpaired) electrons. The van der Waals surface area contributed by atoms with Gasteiger partial charge in [0.1, 0.15) is 0 Å². The van der Waals surface area contributed by atoms with Gasteiger partial charge in [-0.1, -0.05) is 13.8 Å². The molecule has 0 aromatic carbocycles. The summed E-state index contributed by atoms with van der Waals surface area (Å²) < 4.78 is 0. The predicted molar refractivity (Wildman–Crippen MR) is 41.7 cm³/mol. The molecule has 1 N–H and O–H groups in total. The second kappa shape index (κ2) is 2.51. The van der Waals surface area contributed by atoms with Crippen LogP contribution in [0.5, 0.6) is 0 Å². The second-order valence-corrected chi connectivity index (χ2v) is 4.17. The molecule has 1 fully saturated rings. The molecule has 0 aromatic heterocycles. The lowest BCUT2D eigenvalue weighted by atomic mass is 9.90. The van der Waals surface area contributed by atoms with Crippen molar-refractivity contribution in [2.75, 3.05) is 11.5 Å². The molecule has 0 amide bonds. The maximum absolute atomic E-state index is 9.75. The van der Waals surface area contributed by atoms with E-state index in [4.69, 9.17) is 0 Å². The van der Waals surface area contributed by atoms with Gasteiger partial charge in [-0.25, -0.2) is 0 Å². The molecule has 1 aliphatic rings. The Morgan fingerprint density at radius 3 is 2.44 bits per heavy atom. The van der Waals surface area contributed by atoms with Crippen LogP contribution in [0, 0.1) is 5.92 Å². The largest absolute Gasteiger partial charge is 0.389 e. The summed E-state index contributed by atoms with van der Waals surface area (Å²) >= 11 is 1.86. The van der Waals surface area contributed by atoms with E-state index in [1.165, 1.54) is 0 Å². The standard InChI is InChI=1S/C7H14OS/c1-6(2)7(8)3-4-9-5-7/h6,8H,3-5H2,1-2H3. The summed E-state index contributed by atoms with van der Waals surface area (Å²) in [6.45, 7) is 4.18. The van der Waals surface area contributed by atoms with E-state index in [0.717, 1.165) is 17.9 Å². The first kappa shape index (κ1) is 7.42. The van der Waals surface area contributed by atoms with Gasteiger partial charge in [-0.05, 0) is 18.1 Å². The van der Waals surface area contributed by atoms with Crippen LogP contribution in [-0.4, -0.2) is 22.2 Å². The van der Waals surface area contributed by atoms with Crippen molar-refractivity contribution in [2.24, 2.45) is 5.92 Å². The van der Waals surface area contributed by atoms with Gasteiger partial charge in [0, 0.05) is 5.75 Å². The first-order valence-corrected chi connectivity index (χ1v) is 4.61. The van der Waals surface area contributed by atoms with Crippen molar-refractivity contribution in [2.45, 2.75) is 25.9 Å². The van der Waals surface area contributed by atoms with Gasteiger partial charge in [0.15, 0.2) is 0 Å². The second-order valence-electron chi connectivity index (χ2n) is 3.06. The maximum atomic E-state index is 9.75. The zero-order chi connectivity index (χ0) is 6.91. The highest BCUT2D eigenvalue weighted by Gasteiger charge is 2.34. The molecule has 1 rings (SSSR count). The maximum Gasteiger partial charge on any atom is 0.0768 e. The first-order chi connectivity index (χ1) is 4.15. The van der Waals surface area contributed by atoms with Gasteiger partial charge in [-0.2, -0.15) is 11.8 Å².